The zero-order valence-corrected chi connectivity index (χ0v) is 11.2. The highest BCUT2D eigenvalue weighted by Gasteiger charge is 2.32. The van der Waals surface area contributed by atoms with E-state index in [0.717, 1.165) is 24.1 Å². The minimum absolute atomic E-state index is 0.209. The van der Waals surface area contributed by atoms with Crippen LogP contribution in [0.15, 0.2) is 35.5 Å². The molecule has 20 heavy (non-hydrogen) atoms. The van der Waals surface area contributed by atoms with Crippen molar-refractivity contribution in [3.63, 3.8) is 0 Å². The zero-order chi connectivity index (χ0) is 13.9. The largest absolute Gasteiger partial charge is 0.391 e. The fourth-order valence-electron chi connectivity index (χ4n) is 2.29. The summed E-state index contributed by atoms with van der Waals surface area (Å²) in [6.45, 7) is 0.296. The fraction of sp³-hybridized carbons (Fsp3) is 0.467. The summed E-state index contributed by atoms with van der Waals surface area (Å²) in [5.74, 6) is 0.148. The van der Waals surface area contributed by atoms with Gasteiger partial charge in [-0.2, -0.15) is 0 Å². The van der Waals surface area contributed by atoms with Crippen LogP contribution in [-0.2, 0) is 9.63 Å². The van der Waals surface area contributed by atoms with Gasteiger partial charge in [-0.3, -0.25) is 4.79 Å². The number of oxime groups is 1. The standard InChI is InChI=1S/C15H18N2O3/c18-13(11-6-7-11)9-16-15(19)14-8-12(17-20-14)10-4-2-1-3-5-10/h1-5,11,13-14,18H,6-9H2,(H,16,19). The first-order valence-corrected chi connectivity index (χ1v) is 6.98. The van der Waals surface area contributed by atoms with Gasteiger partial charge >= 0.3 is 0 Å². The second-order valence-corrected chi connectivity index (χ2v) is 5.35. The molecule has 1 saturated carbocycles. The molecule has 1 aromatic carbocycles. The summed E-state index contributed by atoms with van der Waals surface area (Å²) in [5, 5.41) is 16.4. The number of rotatable bonds is 5. The predicted octanol–water partition coefficient (Wildman–Crippen LogP) is 1.07. The molecular formula is C15H18N2O3. The number of hydrogen-bond donors (Lipinski definition) is 2. The third-order valence-electron chi connectivity index (χ3n) is 3.72. The highest BCUT2D eigenvalue weighted by molar-refractivity contribution is 6.04. The third kappa shape index (κ3) is 2.99. The maximum atomic E-state index is 11.9. The molecule has 1 amide bonds. The Kier molecular flexibility index (Phi) is 3.69. The van der Waals surface area contributed by atoms with Crippen molar-refractivity contribution in [1.82, 2.24) is 5.32 Å². The highest BCUT2D eigenvalue weighted by Crippen LogP contribution is 2.32. The number of benzene rings is 1. The van der Waals surface area contributed by atoms with Gasteiger partial charge in [0.25, 0.3) is 5.91 Å². The van der Waals surface area contributed by atoms with Crippen LogP contribution in [-0.4, -0.2) is 35.5 Å². The van der Waals surface area contributed by atoms with E-state index in [1.807, 2.05) is 30.3 Å². The van der Waals surface area contributed by atoms with Crippen LogP contribution in [0.1, 0.15) is 24.8 Å². The average Bonchev–Trinajstić information content (AvgIpc) is 3.22. The Bertz CT molecular complexity index is 511. The first kappa shape index (κ1) is 13.1. The van der Waals surface area contributed by atoms with Crippen molar-refractivity contribution >= 4 is 11.6 Å². The molecule has 5 heteroatoms. The van der Waals surface area contributed by atoms with Crippen LogP contribution in [0.5, 0.6) is 0 Å². The lowest BCUT2D eigenvalue weighted by Crippen LogP contribution is -2.39. The molecule has 5 nitrogen and oxygen atoms in total. The molecule has 2 atom stereocenters. The highest BCUT2D eigenvalue weighted by atomic mass is 16.6. The van der Waals surface area contributed by atoms with Crippen LogP contribution in [0.25, 0.3) is 0 Å². The van der Waals surface area contributed by atoms with E-state index < -0.39 is 12.2 Å². The van der Waals surface area contributed by atoms with Crippen LogP contribution in [0.3, 0.4) is 0 Å². The molecule has 106 valence electrons. The van der Waals surface area contributed by atoms with Crippen molar-refractivity contribution in [2.45, 2.75) is 31.5 Å². The van der Waals surface area contributed by atoms with Crippen molar-refractivity contribution in [3.05, 3.63) is 35.9 Å². The molecule has 1 aromatic rings. The maximum Gasteiger partial charge on any atom is 0.264 e. The lowest BCUT2D eigenvalue weighted by atomic mass is 10.0. The lowest BCUT2D eigenvalue weighted by Gasteiger charge is -2.13. The second kappa shape index (κ2) is 5.63. The van der Waals surface area contributed by atoms with Crippen LogP contribution in [0.4, 0.5) is 0 Å². The number of aliphatic hydroxyl groups excluding tert-OH is 1. The Labute approximate surface area is 117 Å². The summed E-state index contributed by atoms with van der Waals surface area (Å²) < 4.78 is 0. The van der Waals surface area contributed by atoms with E-state index in [2.05, 4.69) is 10.5 Å². The van der Waals surface area contributed by atoms with E-state index >= 15 is 0 Å². The van der Waals surface area contributed by atoms with Crippen molar-refractivity contribution in [1.29, 1.82) is 0 Å². The number of nitrogens with zero attached hydrogens (tertiary/aromatic N) is 1. The first-order valence-electron chi connectivity index (χ1n) is 6.98. The van der Waals surface area contributed by atoms with Gasteiger partial charge in [0.2, 0.25) is 6.10 Å². The topological polar surface area (TPSA) is 70.9 Å². The molecule has 0 saturated heterocycles. The molecule has 1 heterocycles. The SMILES string of the molecule is O=C(NCC(O)C1CC1)C1CC(c2ccccc2)=NO1. The smallest absolute Gasteiger partial charge is 0.264 e. The number of hydrogen-bond acceptors (Lipinski definition) is 4. The molecule has 0 aromatic heterocycles. The molecule has 1 fully saturated rings. The minimum Gasteiger partial charge on any atom is -0.391 e. The molecule has 3 rings (SSSR count). The number of amides is 1. The van der Waals surface area contributed by atoms with Crippen molar-refractivity contribution in [3.8, 4) is 0 Å². The quantitative estimate of drug-likeness (QED) is 0.843. The van der Waals surface area contributed by atoms with Gasteiger partial charge in [0.15, 0.2) is 0 Å². The Morgan fingerprint density at radius 2 is 2.15 bits per heavy atom. The Hall–Kier alpha value is -1.88. The van der Waals surface area contributed by atoms with Crippen LogP contribution < -0.4 is 5.32 Å². The van der Waals surface area contributed by atoms with Crippen molar-refractivity contribution in [2.24, 2.45) is 11.1 Å². The van der Waals surface area contributed by atoms with E-state index in [1.165, 1.54) is 0 Å². The first-order chi connectivity index (χ1) is 9.74. The Morgan fingerprint density at radius 3 is 2.85 bits per heavy atom. The Morgan fingerprint density at radius 1 is 1.40 bits per heavy atom. The van der Waals surface area contributed by atoms with E-state index in [9.17, 15) is 9.90 Å². The summed E-state index contributed by atoms with van der Waals surface area (Å²) in [5.41, 5.74) is 1.76. The number of carbonyl (C=O) groups is 1. The molecule has 2 N–H and O–H groups in total. The predicted molar refractivity (Wildman–Crippen MR) is 74.2 cm³/mol. The van der Waals surface area contributed by atoms with Gasteiger partial charge in [-0.15, -0.1) is 0 Å². The number of carbonyl (C=O) groups excluding carboxylic acids is 1. The molecule has 0 spiro atoms. The van der Waals surface area contributed by atoms with Gasteiger partial charge in [0.05, 0.1) is 11.8 Å². The molecule has 2 aliphatic rings. The molecule has 2 unspecified atom stereocenters. The van der Waals surface area contributed by atoms with E-state index in [-0.39, 0.29) is 5.91 Å². The van der Waals surface area contributed by atoms with Gasteiger partial charge in [-0.25, -0.2) is 0 Å². The van der Waals surface area contributed by atoms with Crippen molar-refractivity contribution < 1.29 is 14.7 Å². The van der Waals surface area contributed by atoms with Gasteiger partial charge in [0.1, 0.15) is 0 Å². The summed E-state index contributed by atoms with van der Waals surface area (Å²) >= 11 is 0. The van der Waals surface area contributed by atoms with Gasteiger partial charge in [-0.05, 0) is 24.3 Å². The summed E-state index contributed by atoms with van der Waals surface area (Å²) in [6, 6.07) is 9.68. The van der Waals surface area contributed by atoms with E-state index in [0.29, 0.717) is 18.9 Å². The fourth-order valence-corrected chi connectivity index (χ4v) is 2.29. The van der Waals surface area contributed by atoms with E-state index in [4.69, 9.17) is 4.84 Å². The maximum absolute atomic E-state index is 11.9. The zero-order valence-electron chi connectivity index (χ0n) is 11.2. The lowest BCUT2D eigenvalue weighted by molar-refractivity contribution is -0.131. The minimum atomic E-state index is -0.586. The summed E-state index contributed by atoms with van der Waals surface area (Å²) in [6.07, 6.45) is 1.55. The summed E-state index contributed by atoms with van der Waals surface area (Å²) in [7, 11) is 0. The monoisotopic (exact) mass is 274 g/mol. The number of aliphatic hydroxyl groups is 1. The molecule has 1 aliphatic heterocycles. The normalized spacial score (nSPS) is 22.9. The third-order valence-corrected chi connectivity index (χ3v) is 3.72. The van der Waals surface area contributed by atoms with E-state index in [1.54, 1.807) is 0 Å². The average molecular weight is 274 g/mol. The van der Waals surface area contributed by atoms with Crippen LogP contribution in [0, 0.1) is 5.92 Å². The molecule has 1 aliphatic carbocycles. The van der Waals surface area contributed by atoms with Crippen molar-refractivity contribution in [2.75, 3.05) is 6.54 Å². The Balaban J connectivity index is 1.49. The van der Waals surface area contributed by atoms with Gasteiger partial charge in [0, 0.05) is 13.0 Å². The van der Waals surface area contributed by atoms with Gasteiger partial charge < -0.3 is 15.3 Å². The van der Waals surface area contributed by atoms with Gasteiger partial charge in [-0.1, -0.05) is 35.5 Å². The molecule has 0 radical (unpaired) electrons. The van der Waals surface area contributed by atoms with Crippen LogP contribution >= 0.6 is 0 Å². The second-order valence-electron chi connectivity index (χ2n) is 5.35. The number of nitrogens with one attached hydrogen (secondary N) is 1. The molecular weight excluding hydrogens is 256 g/mol. The summed E-state index contributed by atoms with van der Waals surface area (Å²) in [4.78, 5) is 17.1. The molecule has 0 bridgehead atoms. The van der Waals surface area contributed by atoms with Crippen LogP contribution in [0.2, 0.25) is 0 Å².